The van der Waals surface area contributed by atoms with E-state index in [1.807, 2.05) is 42.5 Å². The minimum absolute atomic E-state index is 0.257. The van der Waals surface area contributed by atoms with Crippen LogP contribution in [0.4, 0.5) is 0 Å². The molecule has 1 aliphatic rings. The summed E-state index contributed by atoms with van der Waals surface area (Å²) in [6.45, 7) is 1.31. The molecule has 1 fully saturated rings. The minimum atomic E-state index is -1.62. The van der Waals surface area contributed by atoms with Gasteiger partial charge < -0.3 is 50.2 Å². The minimum Gasteiger partial charge on any atom is -0.457 e. The van der Waals surface area contributed by atoms with Gasteiger partial charge in [-0.1, -0.05) is 153 Å². The summed E-state index contributed by atoms with van der Waals surface area (Å²) in [5.41, 5.74) is 1.31. The number of aliphatic hydroxyl groups excluding tert-OH is 6. The average molecular weight is 816 g/mol. The molecular weight excluding hydrogens is 739 g/mol. The maximum absolute atomic E-state index is 13.0. The van der Waals surface area contributed by atoms with Crippen LogP contribution in [0.1, 0.15) is 154 Å². The Balaban J connectivity index is 1.32. The first kappa shape index (κ1) is 49.8. The molecule has 0 aliphatic carbocycles. The molecule has 58 heavy (non-hydrogen) atoms. The summed E-state index contributed by atoms with van der Waals surface area (Å²) >= 11 is 0. The normalized spacial score (nSPS) is 21.1. The van der Waals surface area contributed by atoms with Crippen LogP contribution in [0.3, 0.4) is 0 Å². The highest BCUT2D eigenvalue weighted by molar-refractivity contribution is 5.76. The lowest BCUT2D eigenvalue weighted by Crippen LogP contribution is -2.60. The molecule has 11 nitrogen and oxygen atoms in total. The second-order valence-corrected chi connectivity index (χ2v) is 16.3. The Labute approximate surface area is 348 Å². The number of hydrogen-bond donors (Lipinski definition) is 7. The highest BCUT2D eigenvalue weighted by atomic mass is 16.7. The lowest BCUT2D eigenvalue weighted by Gasteiger charge is -2.40. The SMILES string of the molecule is CCCCCCCCCCCCCC[C@@H](O)[C@@H](O)[C@H](CO[C@H]1OC(CO)[C@@H](O)[C@H](O)C1O)NC(=O)CCCCCCCCCCc1ccc(Oc2ccccc2)cc1. The highest BCUT2D eigenvalue weighted by Crippen LogP contribution is 2.24. The molecule has 2 unspecified atom stereocenters. The predicted octanol–water partition coefficient (Wildman–Crippen LogP) is 7.65. The molecular formula is C47H77NO10. The van der Waals surface area contributed by atoms with Gasteiger partial charge in [0, 0.05) is 6.42 Å². The molecule has 1 amide bonds. The van der Waals surface area contributed by atoms with Crippen molar-refractivity contribution in [3.63, 3.8) is 0 Å². The zero-order chi connectivity index (χ0) is 41.8. The van der Waals surface area contributed by atoms with Crippen molar-refractivity contribution in [3.8, 4) is 11.5 Å². The summed E-state index contributed by atoms with van der Waals surface area (Å²) in [4.78, 5) is 13.0. The van der Waals surface area contributed by atoms with Gasteiger partial charge in [0.25, 0.3) is 0 Å². The molecule has 2 aromatic carbocycles. The molecule has 0 radical (unpaired) electrons. The van der Waals surface area contributed by atoms with Crippen LogP contribution in [0.15, 0.2) is 54.6 Å². The smallest absolute Gasteiger partial charge is 0.220 e. The number of carbonyl (C=O) groups excluding carboxylic acids is 1. The average Bonchev–Trinajstić information content (AvgIpc) is 3.23. The summed E-state index contributed by atoms with van der Waals surface area (Å²) in [5, 5.41) is 65.2. The highest BCUT2D eigenvalue weighted by Gasteiger charge is 2.44. The van der Waals surface area contributed by atoms with E-state index in [4.69, 9.17) is 14.2 Å². The molecule has 11 heteroatoms. The molecule has 2 aromatic rings. The maximum Gasteiger partial charge on any atom is 0.220 e. The van der Waals surface area contributed by atoms with Crippen LogP contribution in [0.25, 0.3) is 0 Å². The van der Waals surface area contributed by atoms with Gasteiger partial charge in [-0.2, -0.15) is 0 Å². The number of ether oxygens (including phenoxy) is 3. The van der Waals surface area contributed by atoms with Gasteiger partial charge in [-0.05, 0) is 55.5 Å². The second kappa shape index (κ2) is 30.4. The Bertz CT molecular complexity index is 1300. The summed E-state index contributed by atoms with van der Waals surface area (Å²) in [6, 6.07) is 17.1. The van der Waals surface area contributed by atoms with Gasteiger partial charge >= 0.3 is 0 Å². The van der Waals surface area contributed by atoms with Gasteiger partial charge in [-0.3, -0.25) is 4.79 Å². The molecule has 7 N–H and O–H groups in total. The zero-order valence-corrected chi connectivity index (χ0v) is 35.3. The Morgan fingerprint density at radius 3 is 1.79 bits per heavy atom. The van der Waals surface area contributed by atoms with Crippen molar-refractivity contribution in [2.45, 2.75) is 204 Å². The molecule has 1 saturated heterocycles. The van der Waals surface area contributed by atoms with E-state index in [1.165, 1.54) is 69.8 Å². The standard InChI is InChI=1S/C47H77NO10/c1-2-3-4-5-6-7-8-9-10-14-17-23-28-40(50)43(52)39(35-56-47-46(55)45(54)44(53)41(34-49)58-47)48-42(51)29-24-18-15-12-11-13-16-20-25-36-30-32-38(33-31-36)57-37-26-21-19-22-27-37/h19,21-22,26-27,30-33,39-41,43-47,49-50,52-55H,2-18,20,23-25,28-29,34-35H2,1H3,(H,48,51)/t39-,40+,41?,43-,44+,45-,46?,47-/m0/s1. The van der Waals surface area contributed by atoms with Crippen LogP contribution in [0, 0.1) is 0 Å². The Morgan fingerprint density at radius 2 is 1.21 bits per heavy atom. The van der Waals surface area contributed by atoms with Gasteiger partial charge in [0.1, 0.15) is 42.0 Å². The first-order chi connectivity index (χ1) is 28.2. The van der Waals surface area contributed by atoms with Crippen molar-refractivity contribution in [3.05, 3.63) is 60.2 Å². The molecule has 0 saturated carbocycles. The van der Waals surface area contributed by atoms with E-state index in [1.54, 1.807) is 0 Å². The van der Waals surface area contributed by atoms with Crippen molar-refractivity contribution in [1.29, 1.82) is 0 Å². The number of aliphatic hydroxyl groups is 6. The molecule has 1 aliphatic heterocycles. The van der Waals surface area contributed by atoms with E-state index in [-0.39, 0.29) is 18.9 Å². The number of hydrogen-bond acceptors (Lipinski definition) is 10. The molecule has 0 bridgehead atoms. The number of aryl methyl sites for hydroxylation is 1. The van der Waals surface area contributed by atoms with E-state index in [9.17, 15) is 35.4 Å². The number of carbonyl (C=O) groups is 1. The van der Waals surface area contributed by atoms with E-state index >= 15 is 0 Å². The number of benzene rings is 2. The lowest BCUT2D eigenvalue weighted by atomic mass is 9.98. The fourth-order valence-electron chi connectivity index (χ4n) is 7.57. The Morgan fingerprint density at radius 1 is 0.672 bits per heavy atom. The van der Waals surface area contributed by atoms with Crippen LogP contribution in [-0.2, 0) is 20.7 Å². The number of para-hydroxylation sites is 1. The molecule has 8 atom stereocenters. The second-order valence-electron chi connectivity index (χ2n) is 16.3. The van der Waals surface area contributed by atoms with Crippen molar-refractivity contribution in [2.75, 3.05) is 13.2 Å². The Hall–Kier alpha value is -2.61. The lowest BCUT2D eigenvalue weighted by molar-refractivity contribution is -0.303. The van der Waals surface area contributed by atoms with E-state index in [2.05, 4.69) is 24.4 Å². The van der Waals surface area contributed by atoms with Gasteiger partial charge in [-0.15, -0.1) is 0 Å². The molecule has 3 rings (SSSR count). The van der Waals surface area contributed by atoms with Crippen LogP contribution in [-0.4, -0.2) is 98.7 Å². The zero-order valence-electron chi connectivity index (χ0n) is 35.3. The van der Waals surface area contributed by atoms with E-state index in [0.29, 0.717) is 12.8 Å². The van der Waals surface area contributed by atoms with Gasteiger partial charge in [0.15, 0.2) is 6.29 Å². The first-order valence-electron chi connectivity index (χ1n) is 22.6. The van der Waals surface area contributed by atoms with Crippen LogP contribution in [0.2, 0.25) is 0 Å². The Kier molecular flexibility index (Phi) is 26.1. The number of amides is 1. The van der Waals surface area contributed by atoms with E-state index < -0.39 is 55.6 Å². The first-order valence-corrected chi connectivity index (χ1v) is 22.6. The summed E-state index contributed by atoms with van der Waals surface area (Å²) in [7, 11) is 0. The van der Waals surface area contributed by atoms with Crippen molar-refractivity contribution in [2.24, 2.45) is 0 Å². The molecule has 0 spiro atoms. The quantitative estimate of drug-likeness (QED) is 0.0354. The van der Waals surface area contributed by atoms with Crippen LogP contribution in [0.5, 0.6) is 11.5 Å². The third kappa shape index (κ3) is 20.1. The predicted molar refractivity (Wildman–Crippen MR) is 228 cm³/mol. The number of unbranched alkanes of at least 4 members (excludes halogenated alkanes) is 18. The topological polar surface area (TPSA) is 178 Å². The maximum atomic E-state index is 13.0. The van der Waals surface area contributed by atoms with Crippen molar-refractivity contribution < 1.29 is 49.6 Å². The van der Waals surface area contributed by atoms with Crippen LogP contribution >= 0.6 is 0 Å². The monoisotopic (exact) mass is 816 g/mol. The summed E-state index contributed by atoms with van der Waals surface area (Å²) in [5.74, 6) is 1.39. The number of rotatable bonds is 33. The number of nitrogens with one attached hydrogen (secondary N) is 1. The fraction of sp³-hybridized carbons (Fsp3) is 0.723. The van der Waals surface area contributed by atoms with Crippen molar-refractivity contribution in [1.82, 2.24) is 5.32 Å². The van der Waals surface area contributed by atoms with Crippen molar-refractivity contribution >= 4 is 5.91 Å². The fourth-order valence-corrected chi connectivity index (χ4v) is 7.57. The molecule has 1 heterocycles. The van der Waals surface area contributed by atoms with E-state index in [0.717, 1.165) is 75.7 Å². The summed E-state index contributed by atoms with van der Waals surface area (Å²) < 4.78 is 17.0. The molecule has 330 valence electrons. The third-order valence-electron chi connectivity index (χ3n) is 11.3. The summed E-state index contributed by atoms with van der Waals surface area (Å²) in [6.07, 6.45) is 14.5. The van der Waals surface area contributed by atoms with Gasteiger partial charge in [-0.25, -0.2) is 0 Å². The van der Waals surface area contributed by atoms with Gasteiger partial charge in [0.05, 0.1) is 25.4 Å². The molecule has 0 aromatic heterocycles. The third-order valence-corrected chi connectivity index (χ3v) is 11.3. The van der Waals surface area contributed by atoms with Gasteiger partial charge in [0.2, 0.25) is 5.91 Å². The largest absolute Gasteiger partial charge is 0.457 e. The van der Waals surface area contributed by atoms with Crippen LogP contribution < -0.4 is 10.1 Å².